The summed E-state index contributed by atoms with van der Waals surface area (Å²) >= 11 is 18.0. The summed E-state index contributed by atoms with van der Waals surface area (Å²) in [6.07, 6.45) is 0. The number of pyridine rings is 1. The third kappa shape index (κ3) is 3.38. The Morgan fingerprint density at radius 2 is 1.65 bits per heavy atom. The maximum absolute atomic E-state index is 6.15. The summed E-state index contributed by atoms with van der Waals surface area (Å²) in [4.78, 5) is 4.18. The van der Waals surface area contributed by atoms with Gasteiger partial charge < -0.3 is 5.32 Å². The summed E-state index contributed by atoms with van der Waals surface area (Å²) in [5.41, 5.74) is 2.13. The molecule has 2 aromatic rings. The molecule has 1 heterocycles. The third-order valence-corrected chi connectivity index (χ3v) is 3.84. The SMILES string of the molecule is CC(C)(C)c1ccccc1Nc1nc(Cl)c(Cl)cc1Cl. The first kappa shape index (κ1) is 15.4. The lowest BCUT2D eigenvalue weighted by Crippen LogP contribution is -2.13. The van der Waals surface area contributed by atoms with E-state index >= 15 is 0 Å². The van der Waals surface area contributed by atoms with E-state index in [0.29, 0.717) is 15.9 Å². The highest BCUT2D eigenvalue weighted by Crippen LogP contribution is 2.34. The molecule has 0 fully saturated rings. The second-order valence-corrected chi connectivity index (χ2v) is 6.68. The van der Waals surface area contributed by atoms with Gasteiger partial charge >= 0.3 is 0 Å². The van der Waals surface area contributed by atoms with Gasteiger partial charge in [-0.15, -0.1) is 0 Å². The second-order valence-electron chi connectivity index (χ2n) is 5.51. The summed E-state index contributed by atoms with van der Waals surface area (Å²) in [5, 5.41) is 4.23. The Morgan fingerprint density at radius 1 is 1.00 bits per heavy atom. The van der Waals surface area contributed by atoms with Crippen LogP contribution in [0.5, 0.6) is 0 Å². The molecule has 0 atom stereocenters. The van der Waals surface area contributed by atoms with Crippen molar-refractivity contribution in [3.8, 4) is 0 Å². The molecule has 0 bridgehead atoms. The molecule has 0 amide bonds. The average Bonchev–Trinajstić information content (AvgIpc) is 2.35. The molecule has 2 nitrogen and oxygen atoms in total. The van der Waals surface area contributed by atoms with E-state index in [0.717, 1.165) is 5.69 Å². The molecule has 1 aromatic carbocycles. The van der Waals surface area contributed by atoms with Gasteiger partial charge in [0.2, 0.25) is 0 Å². The van der Waals surface area contributed by atoms with Crippen LogP contribution in [0.15, 0.2) is 30.3 Å². The number of anilines is 2. The van der Waals surface area contributed by atoms with Crippen LogP contribution in [0.3, 0.4) is 0 Å². The van der Waals surface area contributed by atoms with Crippen molar-refractivity contribution in [2.24, 2.45) is 0 Å². The third-order valence-electron chi connectivity index (χ3n) is 2.87. The zero-order chi connectivity index (χ0) is 14.9. The first-order valence-corrected chi connectivity index (χ1v) is 7.30. The van der Waals surface area contributed by atoms with E-state index in [2.05, 4.69) is 37.1 Å². The predicted molar refractivity (Wildman–Crippen MR) is 87.7 cm³/mol. The van der Waals surface area contributed by atoms with Gasteiger partial charge in [-0.3, -0.25) is 0 Å². The first-order chi connectivity index (χ1) is 9.29. The Bertz CT molecular complexity index is 634. The molecule has 20 heavy (non-hydrogen) atoms. The van der Waals surface area contributed by atoms with Gasteiger partial charge in [0.05, 0.1) is 10.0 Å². The van der Waals surface area contributed by atoms with E-state index in [9.17, 15) is 0 Å². The van der Waals surface area contributed by atoms with Gasteiger partial charge in [-0.25, -0.2) is 4.98 Å². The lowest BCUT2D eigenvalue weighted by atomic mass is 9.86. The number of para-hydroxylation sites is 1. The van der Waals surface area contributed by atoms with Crippen LogP contribution < -0.4 is 5.32 Å². The number of hydrogen-bond acceptors (Lipinski definition) is 2. The van der Waals surface area contributed by atoms with Crippen molar-refractivity contribution < 1.29 is 0 Å². The number of aromatic nitrogens is 1. The Balaban J connectivity index is 2.43. The monoisotopic (exact) mass is 328 g/mol. The quantitative estimate of drug-likeness (QED) is 0.675. The molecular formula is C15H15Cl3N2. The maximum Gasteiger partial charge on any atom is 0.151 e. The van der Waals surface area contributed by atoms with E-state index in [-0.39, 0.29) is 10.6 Å². The van der Waals surface area contributed by atoms with Crippen molar-refractivity contribution in [1.29, 1.82) is 0 Å². The molecule has 0 spiro atoms. The van der Waals surface area contributed by atoms with E-state index in [1.807, 2.05) is 18.2 Å². The topological polar surface area (TPSA) is 24.9 Å². The number of nitrogens with zero attached hydrogens (tertiary/aromatic N) is 1. The highest BCUT2D eigenvalue weighted by atomic mass is 35.5. The van der Waals surface area contributed by atoms with Crippen molar-refractivity contribution in [2.45, 2.75) is 26.2 Å². The standard InChI is InChI=1S/C15H15Cl3N2/c1-15(2,3)9-6-4-5-7-12(9)19-14-11(17)8-10(16)13(18)20-14/h4-8H,1-3H3,(H,19,20). The van der Waals surface area contributed by atoms with Crippen LogP contribution in [-0.2, 0) is 5.41 Å². The van der Waals surface area contributed by atoms with Gasteiger partial charge in [-0.2, -0.15) is 0 Å². The number of benzene rings is 1. The summed E-state index contributed by atoms with van der Waals surface area (Å²) < 4.78 is 0. The maximum atomic E-state index is 6.15. The Morgan fingerprint density at radius 3 is 2.30 bits per heavy atom. The highest BCUT2D eigenvalue weighted by molar-refractivity contribution is 6.43. The van der Waals surface area contributed by atoms with Crippen LogP contribution in [0.4, 0.5) is 11.5 Å². The fourth-order valence-electron chi connectivity index (χ4n) is 1.91. The molecule has 0 saturated carbocycles. The van der Waals surface area contributed by atoms with Crippen LogP contribution >= 0.6 is 34.8 Å². The molecule has 1 aromatic heterocycles. The van der Waals surface area contributed by atoms with Gasteiger partial charge in [0.25, 0.3) is 0 Å². The van der Waals surface area contributed by atoms with Crippen molar-refractivity contribution >= 4 is 46.3 Å². The normalized spacial score (nSPS) is 11.5. The zero-order valence-corrected chi connectivity index (χ0v) is 13.7. The smallest absolute Gasteiger partial charge is 0.151 e. The fourth-order valence-corrected chi connectivity index (χ4v) is 2.45. The molecular weight excluding hydrogens is 315 g/mol. The van der Waals surface area contributed by atoms with Crippen LogP contribution in [0.1, 0.15) is 26.3 Å². The fraction of sp³-hybridized carbons (Fsp3) is 0.267. The van der Waals surface area contributed by atoms with Gasteiger partial charge in [-0.1, -0.05) is 73.8 Å². The average molecular weight is 330 g/mol. The van der Waals surface area contributed by atoms with E-state index in [4.69, 9.17) is 34.8 Å². The lowest BCUT2D eigenvalue weighted by molar-refractivity contribution is 0.592. The van der Waals surface area contributed by atoms with Crippen LogP contribution in [0.2, 0.25) is 15.2 Å². The van der Waals surface area contributed by atoms with E-state index in [1.54, 1.807) is 6.07 Å². The van der Waals surface area contributed by atoms with Crippen molar-refractivity contribution in [3.63, 3.8) is 0 Å². The molecule has 0 aliphatic rings. The Kier molecular flexibility index (Phi) is 4.48. The number of halogens is 3. The second kappa shape index (κ2) is 5.80. The van der Waals surface area contributed by atoms with Crippen LogP contribution in [0, 0.1) is 0 Å². The molecule has 0 aliphatic carbocycles. The molecule has 2 rings (SSSR count). The Labute approximate surface area is 134 Å². The highest BCUT2D eigenvalue weighted by Gasteiger charge is 2.18. The van der Waals surface area contributed by atoms with Crippen molar-refractivity contribution in [1.82, 2.24) is 4.98 Å². The summed E-state index contributed by atoms with van der Waals surface area (Å²) in [5.74, 6) is 0.498. The number of hydrogen-bond donors (Lipinski definition) is 1. The molecule has 0 radical (unpaired) electrons. The number of nitrogens with one attached hydrogen (secondary N) is 1. The van der Waals surface area contributed by atoms with E-state index < -0.39 is 0 Å². The minimum absolute atomic E-state index is 0.00624. The van der Waals surface area contributed by atoms with E-state index in [1.165, 1.54) is 5.56 Å². The van der Waals surface area contributed by atoms with Gasteiger partial charge in [0, 0.05) is 5.69 Å². The Hall–Kier alpha value is -0.960. The molecule has 106 valence electrons. The van der Waals surface area contributed by atoms with Gasteiger partial charge in [0.1, 0.15) is 5.15 Å². The van der Waals surface area contributed by atoms with Gasteiger partial charge in [-0.05, 0) is 23.1 Å². The summed E-state index contributed by atoms with van der Waals surface area (Å²) in [6, 6.07) is 9.62. The molecule has 5 heteroatoms. The lowest BCUT2D eigenvalue weighted by Gasteiger charge is -2.23. The van der Waals surface area contributed by atoms with Crippen molar-refractivity contribution in [2.75, 3.05) is 5.32 Å². The molecule has 1 N–H and O–H groups in total. The number of rotatable bonds is 2. The molecule has 0 saturated heterocycles. The summed E-state index contributed by atoms with van der Waals surface area (Å²) in [7, 11) is 0. The van der Waals surface area contributed by atoms with Crippen LogP contribution in [0.25, 0.3) is 0 Å². The van der Waals surface area contributed by atoms with Crippen molar-refractivity contribution in [3.05, 3.63) is 51.1 Å². The molecule has 0 aliphatic heterocycles. The van der Waals surface area contributed by atoms with Crippen LogP contribution in [-0.4, -0.2) is 4.98 Å². The summed E-state index contributed by atoms with van der Waals surface area (Å²) in [6.45, 7) is 6.45. The molecule has 0 unspecified atom stereocenters. The van der Waals surface area contributed by atoms with Gasteiger partial charge in [0.15, 0.2) is 5.82 Å². The minimum Gasteiger partial charge on any atom is -0.339 e. The first-order valence-electron chi connectivity index (χ1n) is 6.17. The minimum atomic E-state index is 0.00624. The zero-order valence-electron chi connectivity index (χ0n) is 11.5. The predicted octanol–water partition coefficient (Wildman–Crippen LogP) is 6.08. The largest absolute Gasteiger partial charge is 0.339 e.